The van der Waals surface area contributed by atoms with Gasteiger partial charge in [-0.3, -0.25) is 0 Å². The molecule has 1 radical (unpaired) electrons. The normalized spacial score (nSPS) is 10.8. The Kier molecular flexibility index (Phi) is 1.65. The zero-order valence-corrected chi connectivity index (χ0v) is 7.25. The van der Waals surface area contributed by atoms with Crippen LogP contribution >= 0.6 is 0 Å². The first-order chi connectivity index (χ1) is 5.83. The standard InChI is InChI=1S/C11H12N/c1-3-12-8-9(2)10-6-4-5-7-11(10)12/h4-8H,2-3H2,1H3. The molecule has 0 amide bonds. The molecule has 1 heteroatoms. The van der Waals surface area contributed by atoms with Gasteiger partial charge in [0.05, 0.1) is 0 Å². The van der Waals surface area contributed by atoms with Gasteiger partial charge in [0.1, 0.15) is 0 Å². The van der Waals surface area contributed by atoms with Crippen molar-refractivity contribution in [3.63, 3.8) is 0 Å². The van der Waals surface area contributed by atoms with Crippen LogP contribution in [0.3, 0.4) is 0 Å². The largest absolute Gasteiger partial charge is 0.347 e. The molecule has 0 fully saturated rings. The first-order valence-corrected chi connectivity index (χ1v) is 4.22. The molecule has 0 spiro atoms. The molecule has 0 aliphatic carbocycles. The Labute approximate surface area is 72.6 Å². The number of para-hydroxylation sites is 1. The molecule has 1 heterocycles. The zero-order valence-electron chi connectivity index (χ0n) is 7.25. The third-order valence-electron chi connectivity index (χ3n) is 2.21. The molecule has 0 saturated carbocycles. The van der Waals surface area contributed by atoms with E-state index in [-0.39, 0.29) is 0 Å². The Hall–Kier alpha value is -1.24. The lowest BCUT2D eigenvalue weighted by Gasteiger charge is -1.98. The average Bonchev–Trinajstić information content (AvgIpc) is 2.44. The monoisotopic (exact) mass is 158 g/mol. The molecule has 0 unspecified atom stereocenters. The molecule has 0 aliphatic rings. The molecule has 0 aliphatic heterocycles. The van der Waals surface area contributed by atoms with Crippen LogP contribution < -0.4 is 0 Å². The highest BCUT2D eigenvalue weighted by molar-refractivity contribution is 5.84. The van der Waals surface area contributed by atoms with Crippen LogP contribution in [0.15, 0.2) is 30.5 Å². The fraction of sp³-hybridized carbons (Fsp3) is 0.182. The van der Waals surface area contributed by atoms with E-state index in [2.05, 4.69) is 48.9 Å². The fourth-order valence-corrected chi connectivity index (χ4v) is 1.58. The summed E-state index contributed by atoms with van der Waals surface area (Å²) in [5.74, 6) is 0. The van der Waals surface area contributed by atoms with Crippen molar-refractivity contribution in [3.05, 3.63) is 42.9 Å². The smallest absolute Gasteiger partial charge is 0.0483 e. The predicted molar refractivity (Wildman–Crippen MR) is 52.1 cm³/mol. The first-order valence-electron chi connectivity index (χ1n) is 4.22. The molecule has 2 aromatic rings. The number of fused-ring (bicyclic) bond motifs is 1. The Balaban J connectivity index is 2.82. The second-order valence-corrected chi connectivity index (χ2v) is 2.96. The molecule has 1 aromatic carbocycles. The lowest BCUT2D eigenvalue weighted by molar-refractivity contribution is 0.796. The van der Waals surface area contributed by atoms with Crippen LogP contribution in [0.2, 0.25) is 0 Å². The Morgan fingerprint density at radius 3 is 2.83 bits per heavy atom. The van der Waals surface area contributed by atoms with Crippen LogP contribution in [0.1, 0.15) is 12.5 Å². The number of aromatic nitrogens is 1. The van der Waals surface area contributed by atoms with Gasteiger partial charge in [-0.05, 0) is 25.5 Å². The Bertz CT molecular complexity index is 398. The van der Waals surface area contributed by atoms with Gasteiger partial charge >= 0.3 is 0 Å². The average molecular weight is 158 g/mol. The summed E-state index contributed by atoms with van der Waals surface area (Å²) in [6, 6.07) is 8.36. The summed E-state index contributed by atoms with van der Waals surface area (Å²) in [5, 5.41) is 1.26. The maximum Gasteiger partial charge on any atom is 0.0483 e. The SMILES string of the molecule is [CH2]c1cn(CC)c2ccccc12. The number of benzene rings is 1. The number of rotatable bonds is 1. The minimum Gasteiger partial charge on any atom is -0.347 e. The Morgan fingerprint density at radius 1 is 1.33 bits per heavy atom. The number of nitrogens with zero attached hydrogens (tertiary/aromatic N) is 1. The summed E-state index contributed by atoms with van der Waals surface area (Å²) in [7, 11) is 0. The topological polar surface area (TPSA) is 4.93 Å². The summed E-state index contributed by atoms with van der Waals surface area (Å²) in [6.45, 7) is 7.15. The first kappa shape index (κ1) is 7.41. The minimum absolute atomic E-state index is 1.01. The molecule has 2 rings (SSSR count). The van der Waals surface area contributed by atoms with Gasteiger partial charge in [-0.2, -0.15) is 0 Å². The second kappa shape index (κ2) is 2.67. The van der Waals surface area contributed by atoms with Gasteiger partial charge < -0.3 is 4.57 Å². The van der Waals surface area contributed by atoms with Crippen molar-refractivity contribution in [1.82, 2.24) is 4.57 Å². The zero-order chi connectivity index (χ0) is 8.55. The van der Waals surface area contributed by atoms with Crippen LogP contribution in [0.25, 0.3) is 10.9 Å². The van der Waals surface area contributed by atoms with Gasteiger partial charge in [0, 0.05) is 23.6 Å². The van der Waals surface area contributed by atoms with Crippen molar-refractivity contribution in [3.8, 4) is 0 Å². The predicted octanol–water partition coefficient (Wildman–Crippen LogP) is 2.84. The molecule has 0 saturated heterocycles. The highest BCUT2D eigenvalue weighted by Crippen LogP contribution is 2.19. The molecular weight excluding hydrogens is 146 g/mol. The number of aryl methyl sites for hydroxylation is 1. The van der Waals surface area contributed by atoms with Gasteiger partial charge in [-0.15, -0.1) is 0 Å². The van der Waals surface area contributed by atoms with Crippen LogP contribution in [-0.2, 0) is 6.54 Å². The highest BCUT2D eigenvalue weighted by atomic mass is 14.9. The van der Waals surface area contributed by atoms with Crippen LogP contribution in [-0.4, -0.2) is 4.57 Å². The van der Waals surface area contributed by atoms with Crippen molar-refractivity contribution in [2.24, 2.45) is 0 Å². The lowest BCUT2D eigenvalue weighted by atomic mass is 10.2. The molecule has 0 N–H and O–H groups in total. The summed E-state index contributed by atoms with van der Waals surface area (Å²) in [6.07, 6.45) is 2.10. The third-order valence-corrected chi connectivity index (χ3v) is 2.21. The van der Waals surface area contributed by atoms with Gasteiger partial charge in [0.2, 0.25) is 0 Å². The molecule has 1 nitrogen and oxygen atoms in total. The maximum absolute atomic E-state index is 4.00. The van der Waals surface area contributed by atoms with E-state index in [9.17, 15) is 0 Å². The molecule has 0 bridgehead atoms. The molecule has 1 aromatic heterocycles. The van der Waals surface area contributed by atoms with E-state index in [1.54, 1.807) is 0 Å². The van der Waals surface area contributed by atoms with Crippen LogP contribution in [0, 0.1) is 6.92 Å². The van der Waals surface area contributed by atoms with Crippen LogP contribution in [0.5, 0.6) is 0 Å². The van der Waals surface area contributed by atoms with E-state index in [1.165, 1.54) is 10.9 Å². The molecule has 61 valence electrons. The molecule has 0 atom stereocenters. The van der Waals surface area contributed by atoms with Crippen molar-refractivity contribution in [2.75, 3.05) is 0 Å². The Morgan fingerprint density at radius 2 is 2.08 bits per heavy atom. The molecular formula is C11H12N. The van der Waals surface area contributed by atoms with Crippen LogP contribution in [0.4, 0.5) is 0 Å². The van der Waals surface area contributed by atoms with Crippen molar-refractivity contribution in [1.29, 1.82) is 0 Å². The van der Waals surface area contributed by atoms with Gasteiger partial charge in [-0.1, -0.05) is 18.2 Å². The van der Waals surface area contributed by atoms with E-state index < -0.39 is 0 Å². The van der Waals surface area contributed by atoms with E-state index >= 15 is 0 Å². The van der Waals surface area contributed by atoms with E-state index in [4.69, 9.17) is 0 Å². The van der Waals surface area contributed by atoms with E-state index in [0.717, 1.165) is 12.1 Å². The summed E-state index contributed by atoms with van der Waals surface area (Å²) in [5.41, 5.74) is 2.40. The van der Waals surface area contributed by atoms with E-state index in [0.29, 0.717) is 0 Å². The van der Waals surface area contributed by atoms with Crippen molar-refractivity contribution in [2.45, 2.75) is 13.5 Å². The summed E-state index contributed by atoms with van der Waals surface area (Å²) < 4.78 is 2.22. The van der Waals surface area contributed by atoms with Crippen molar-refractivity contribution >= 4 is 10.9 Å². The maximum atomic E-state index is 4.00. The lowest BCUT2D eigenvalue weighted by Crippen LogP contribution is -1.89. The van der Waals surface area contributed by atoms with E-state index in [1.807, 2.05) is 0 Å². The minimum atomic E-state index is 1.01. The third kappa shape index (κ3) is 0.934. The quantitative estimate of drug-likeness (QED) is 0.601. The fourth-order valence-electron chi connectivity index (χ4n) is 1.58. The van der Waals surface area contributed by atoms with Crippen molar-refractivity contribution < 1.29 is 0 Å². The van der Waals surface area contributed by atoms with Gasteiger partial charge in [0.15, 0.2) is 0 Å². The van der Waals surface area contributed by atoms with Gasteiger partial charge in [0.25, 0.3) is 0 Å². The summed E-state index contributed by atoms with van der Waals surface area (Å²) in [4.78, 5) is 0. The van der Waals surface area contributed by atoms with Gasteiger partial charge in [-0.25, -0.2) is 0 Å². The summed E-state index contributed by atoms with van der Waals surface area (Å²) >= 11 is 0. The second-order valence-electron chi connectivity index (χ2n) is 2.96. The highest BCUT2D eigenvalue weighted by Gasteiger charge is 2.01. The number of hydrogen-bond acceptors (Lipinski definition) is 0. The molecule has 12 heavy (non-hydrogen) atoms. The number of hydrogen-bond donors (Lipinski definition) is 0.